The maximum absolute atomic E-state index is 12.7. The average molecular weight is 512 g/mol. The molecule has 0 spiro atoms. The molecule has 3 N–H and O–H groups in total. The molecule has 2 fully saturated rings. The second-order valence-corrected chi connectivity index (χ2v) is 8.27. The van der Waals surface area contributed by atoms with Gasteiger partial charge in [-0.25, -0.2) is 4.79 Å². The predicted molar refractivity (Wildman–Crippen MR) is 128 cm³/mol. The third-order valence-corrected chi connectivity index (χ3v) is 5.69. The van der Waals surface area contributed by atoms with E-state index in [1.807, 2.05) is 5.32 Å². The van der Waals surface area contributed by atoms with E-state index < -0.39 is 19.0 Å². The second kappa shape index (κ2) is 10.1. The highest BCUT2D eigenvalue weighted by molar-refractivity contribution is 6.00. The van der Waals surface area contributed by atoms with Crippen LogP contribution in [-0.4, -0.2) is 70.4 Å². The van der Waals surface area contributed by atoms with Gasteiger partial charge in [0.15, 0.2) is 17.3 Å². The van der Waals surface area contributed by atoms with Crippen molar-refractivity contribution >= 4 is 35.1 Å². The number of carbonyl (C=O) groups is 3. The number of nitrogens with one attached hydrogen (secondary N) is 3. The first-order chi connectivity index (χ1) is 19.1. The lowest BCUT2D eigenvalue weighted by Gasteiger charge is -2.16. The van der Waals surface area contributed by atoms with Gasteiger partial charge in [-0.05, 0) is 25.0 Å². The van der Waals surface area contributed by atoms with Crippen LogP contribution in [0, 0.1) is 5.92 Å². The first-order valence-corrected chi connectivity index (χ1v) is 11.3. The van der Waals surface area contributed by atoms with E-state index in [-0.39, 0.29) is 59.6 Å². The van der Waals surface area contributed by atoms with E-state index in [2.05, 4.69) is 31.0 Å². The molecule has 14 heteroatoms. The van der Waals surface area contributed by atoms with E-state index in [1.54, 1.807) is 18.2 Å². The van der Waals surface area contributed by atoms with Crippen molar-refractivity contribution in [2.24, 2.45) is 5.92 Å². The zero-order valence-electron chi connectivity index (χ0n) is 22.6. The molecule has 0 bridgehead atoms. The van der Waals surface area contributed by atoms with Crippen LogP contribution in [0.2, 0.25) is 0 Å². The molecule has 2 aliphatic rings. The van der Waals surface area contributed by atoms with Crippen LogP contribution < -0.4 is 20.7 Å². The number of nitrogens with zero attached hydrogens (tertiary/aromatic N) is 5. The molecule has 37 heavy (non-hydrogen) atoms. The number of hydrogen-bond donors (Lipinski definition) is 3. The number of carbonyl (C=O) groups excluding carboxylic acids is 3. The van der Waals surface area contributed by atoms with Crippen LogP contribution in [0.15, 0.2) is 28.8 Å². The lowest BCUT2D eigenvalue weighted by atomic mass is 10.1. The Morgan fingerprint density at radius 2 is 2.14 bits per heavy atom. The molecule has 1 aromatic carbocycles. The van der Waals surface area contributed by atoms with Gasteiger partial charge in [0.05, 0.1) is 30.6 Å². The monoisotopic (exact) mass is 511 g/mol. The number of para-hydroxylation sites is 1. The van der Waals surface area contributed by atoms with Gasteiger partial charge in [0, 0.05) is 23.1 Å². The fourth-order valence-electron chi connectivity index (χ4n) is 3.69. The van der Waals surface area contributed by atoms with Crippen LogP contribution in [0.3, 0.4) is 0 Å². The first kappa shape index (κ1) is 20.4. The Balaban J connectivity index is 1.45. The number of ether oxygens (including phenoxy) is 2. The van der Waals surface area contributed by atoms with E-state index in [0.717, 1.165) is 12.8 Å². The summed E-state index contributed by atoms with van der Waals surface area (Å²) in [7, 11) is 1.42. The quantitative estimate of drug-likeness (QED) is 0.383. The van der Waals surface area contributed by atoms with Gasteiger partial charge in [0.1, 0.15) is 13.2 Å². The molecule has 0 radical (unpaired) electrons. The summed E-state index contributed by atoms with van der Waals surface area (Å²) < 4.78 is 37.9. The summed E-state index contributed by atoms with van der Waals surface area (Å²) in [4.78, 5) is 42.5. The average Bonchev–Trinajstić information content (AvgIpc) is 3.53. The van der Waals surface area contributed by atoms with Gasteiger partial charge in [-0.15, -0.1) is 10.2 Å². The molecule has 3 aromatic rings. The Labute approximate surface area is 214 Å². The highest BCUT2D eigenvalue weighted by Gasteiger charge is 2.30. The molecule has 0 unspecified atom stereocenters. The molecular weight excluding hydrogens is 484 g/mol. The Morgan fingerprint density at radius 3 is 2.86 bits per heavy atom. The minimum Gasteiger partial charge on any atom is -0.494 e. The van der Waals surface area contributed by atoms with Crippen molar-refractivity contribution in [2.45, 2.75) is 19.4 Å². The van der Waals surface area contributed by atoms with Gasteiger partial charge < -0.3 is 29.9 Å². The number of amides is 3. The molecule has 3 heterocycles. The molecule has 192 valence electrons. The number of hydrogen-bond acceptors (Lipinski definition) is 11. The van der Waals surface area contributed by atoms with Crippen molar-refractivity contribution < 1.29 is 32.5 Å². The van der Waals surface area contributed by atoms with Crippen molar-refractivity contribution in [1.29, 1.82) is 0 Å². The molecule has 1 aliphatic carbocycles. The molecule has 5 rings (SSSR count). The van der Waals surface area contributed by atoms with Gasteiger partial charge in [0.25, 0.3) is 5.91 Å². The third-order valence-electron chi connectivity index (χ3n) is 5.69. The third kappa shape index (κ3) is 5.12. The zero-order chi connectivity index (χ0) is 28.4. The summed E-state index contributed by atoms with van der Waals surface area (Å²) >= 11 is 0. The number of cyclic esters (lactones) is 1. The maximum Gasteiger partial charge on any atom is 0.410 e. The fourth-order valence-corrected chi connectivity index (χ4v) is 3.69. The van der Waals surface area contributed by atoms with Gasteiger partial charge in [-0.2, -0.15) is 4.98 Å². The van der Waals surface area contributed by atoms with Gasteiger partial charge in [0.2, 0.25) is 17.6 Å². The summed E-state index contributed by atoms with van der Waals surface area (Å²) in [6.45, 7) is -2.01. The van der Waals surface area contributed by atoms with Crippen LogP contribution >= 0.6 is 0 Å². The molecule has 1 aliphatic heterocycles. The van der Waals surface area contributed by atoms with Gasteiger partial charge >= 0.3 is 6.09 Å². The standard InChI is InChI=1S/C23H24N8O6/c1-24-22(33)18-15(10-16(28-29-18)26-21(32)12-6-7-12)25-14-5-3-4-13(19(14)35-2)20-27-17(37-30-20)11-31-8-9-36-23(31)34/h3-5,10,12H,6-9,11H2,1-2H3,(H,24,33)(H2,25,26,28,32)/i1D3. The van der Waals surface area contributed by atoms with E-state index in [4.69, 9.17) is 18.1 Å². The van der Waals surface area contributed by atoms with E-state index >= 15 is 0 Å². The number of benzene rings is 1. The SMILES string of the molecule is [2H]C([2H])([2H])NC(=O)c1nnc(NC(=O)C2CC2)cc1Nc1cccc(-c2noc(CN3CCOC3=O)n2)c1OC. The van der Waals surface area contributed by atoms with Crippen molar-refractivity contribution in [1.82, 2.24) is 30.6 Å². The van der Waals surface area contributed by atoms with Crippen LogP contribution in [0.5, 0.6) is 5.75 Å². The highest BCUT2D eigenvalue weighted by Crippen LogP contribution is 2.37. The van der Waals surface area contributed by atoms with Crippen molar-refractivity contribution in [3.8, 4) is 17.1 Å². The number of anilines is 3. The smallest absolute Gasteiger partial charge is 0.410 e. The Hall–Kier alpha value is -4.75. The summed E-state index contributed by atoms with van der Waals surface area (Å²) in [5.74, 6) is -0.644. The molecule has 1 saturated heterocycles. The minimum absolute atomic E-state index is 0.0552. The van der Waals surface area contributed by atoms with Gasteiger partial charge in [-0.3, -0.25) is 14.5 Å². The summed E-state index contributed by atoms with van der Waals surface area (Å²) in [6, 6.07) is 6.35. The van der Waals surface area contributed by atoms with E-state index in [0.29, 0.717) is 17.8 Å². The lowest BCUT2D eigenvalue weighted by molar-refractivity contribution is -0.117. The van der Waals surface area contributed by atoms with Crippen molar-refractivity contribution in [3.05, 3.63) is 35.9 Å². The Kier molecular flexibility index (Phi) is 5.57. The first-order valence-electron chi connectivity index (χ1n) is 12.8. The summed E-state index contributed by atoms with van der Waals surface area (Å²) in [6.07, 6.45) is 1.07. The molecule has 0 atom stereocenters. The lowest BCUT2D eigenvalue weighted by Crippen LogP contribution is -2.23. The molecule has 2 aromatic heterocycles. The van der Waals surface area contributed by atoms with E-state index in [1.165, 1.54) is 18.1 Å². The Morgan fingerprint density at radius 1 is 1.27 bits per heavy atom. The maximum atomic E-state index is 12.7. The predicted octanol–water partition coefficient (Wildman–Crippen LogP) is 1.94. The highest BCUT2D eigenvalue weighted by atomic mass is 16.6. The van der Waals surface area contributed by atoms with Crippen LogP contribution in [0.1, 0.15) is 33.3 Å². The summed E-state index contributed by atoms with van der Waals surface area (Å²) in [5.41, 5.74) is 0.487. The molecule has 14 nitrogen and oxygen atoms in total. The van der Waals surface area contributed by atoms with E-state index in [9.17, 15) is 14.4 Å². The molecule has 3 amide bonds. The van der Waals surface area contributed by atoms with Crippen molar-refractivity contribution in [3.63, 3.8) is 0 Å². The molecular formula is C23H24N8O6. The number of methoxy groups -OCH3 is 1. The Bertz CT molecular complexity index is 1460. The second-order valence-electron chi connectivity index (χ2n) is 8.27. The minimum atomic E-state index is -2.77. The number of rotatable bonds is 9. The topological polar surface area (TPSA) is 174 Å². The van der Waals surface area contributed by atoms with Crippen LogP contribution in [0.4, 0.5) is 22.0 Å². The largest absolute Gasteiger partial charge is 0.494 e. The van der Waals surface area contributed by atoms with Crippen LogP contribution in [-0.2, 0) is 16.1 Å². The normalized spacial score (nSPS) is 16.3. The van der Waals surface area contributed by atoms with Gasteiger partial charge in [-0.1, -0.05) is 11.2 Å². The molecule has 1 saturated carbocycles. The zero-order valence-corrected chi connectivity index (χ0v) is 19.6. The summed E-state index contributed by atoms with van der Waals surface area (Å²) in [5, 5.41) is 19.3. The van der Waals surface area contributed by atoms with Crippen molar-refractivity contribution in [2.75, 3.05) is 37.9 Å². The van der Waals surface area contributed by atoms with Crippen LogP contribution in [0.25, 0.3) is 11.4 Å². The fraction of sp³-hybridized carbons (Fsp3) is 0.348. The number of aromatic nitrogens is 4.